The van der Waals surface area contributed by atoms with E-state index >= 15 is 0 Å². The fraction of sp³-hybridized carbons (Fsp3) is 0.333. The second-order valence-electron chi connectivity index (χ2n) is 5.03. The summed E-state index contributed by atoms with van der Waals surface area (Å²) in [5.41, 5.74) is 2.54. The number of benzene rings is 1. The largest absolute Gasteiger partial charge is 0.306 e. The molecule has 0 amide bonds. The zero-order valence-corrected chi connectivity index (χ0v) is 11.5. The van der Waals surface area contributed by atoms with Gasteiger partial charge in [-0.3, -0.25) is 4.79 Å². The normalized spacial score (nSPS) is 11.1. The summed E-state index contributed by atoms with van der Waals surface area (Å²) < 4.78 is 13.3. The molecule has 0 bridgehead atoms. The minimum atomic E-state index is -0.262. The average Bonchev–Trinajstić information content (AvgIpc) is 2.31. The molecule has 1 aromatic heterocycles. The smallest absolute Gasteiger partial charge is 0.254 e. The molecule has 19 heavy (non-hydrogen) atoms. The van der Waals surface area contributed by atoms with Gasteiger partial charge in [0.1, 0.15) is 11.6 Å². The van der Waals surface area contributed by atoms with E-state index in [-0.39, 0.29) is 17.3 Å². The van der Waals surface area contributed by atoms with Gasteiger partial charge in [-0.05, 0) is 43.5 Å². The Bertz CT molecular complexity index is 674. The van der Waals surface area contributed by atoms with Crippen molar-refractivity contribution < 1.29 is 4.39 Å². The molecule has 4 heteroatoms. The molecule has 100 valence electrons. The van der Waals surface area contributed by atoms with Crippen molar-refractivity contribution in [1.82, 2.24) is 9.97 Å². The zero-order valence-electron chi connectivity index (χ0n) is 11.5. The Hall–Kier alpha value is -1.97. The van der Waals surface area contributed by atoms with Crippen LogP contribution in [-0.2, 0) is 0 Å². The van der Waals surface area contributed by atoms with Gasteiger partial charge in [-0.1, -0.05) is 13.8 Å². The van der Waals surface area contributed by atoms with Crippen LogP contribution >= 0.6 is 0 Å². The zero-order chi connectivity index (χ0) is 14.2. The number of nitrogens with one attached hydrogen (secondary N) is 1. The van der Waals surface area contributed by atoms with Gasteiger partial charge in [0.05, 0.1) is 0 Å². The molecular formula is C15H17FN2O. The van der Waals surface area contributed by atoms with E-state index in [9.17, 15) is 9.18 Å². The van der Waals surface area contributed by atoms with Crippen molar-refractivity contribution in [2.45, 2.75) is 33.6 Å². The summed E-state index contributed by atoms with van der Waals surface area (Å²) in [5.74, 6) is 0.344. The van der Waals surface area contributed by atoms with Gasteiger partial charge < -0.3 is 4.98 Å². The molecule has 1 N–H and O–H groups in total. The number of rotatable bonds is 2. The number of nitrogens with zero attached hydrogens (tertiary/aromatic N) is 1. The molecule has 2 rings (SSSR count). The van der Waals surface area contributed by atoms with Gasteiger partial charge in [0, 0.05) is 16.8 Å². The highest BCUT2D eigenvalue weighted by Crippen LogP contribution is 2.20. The minimum absolute atomic E-state index is 0.125. The van der Waals surface area contributed by atoms with Crippen LogP contribution in [0.25, 0.3) is 11.4 Å². The molecule has 1 aromatic carbocycles. The van der Waals surface area contributed by atoms with Crippen molar-refractivity contribution in [2.24, 2.45) is 0 Å². The first-order valence-electron chi connectivity index (χ1n) is 6.27. The van der Waals surface area contributed by atoms with Gasteiger partial charge in [0.2, 0.25) is 0 Å². The average molecular weight is 260 g/mol. The molecule has 0 unspecified atom stereocenters. The quantitative estimate of drug-likeness (QED) is 0.900. The summed E-state index contributed by atoms with van der Waals surface area (Å²) in [7, 11) is 0. The summed E-state index contributed by atoms with van der Waals surface area (Å²) >= 11 is 0. The third-order valence-corrected chi connectivity index (χ3v) is 3.15. The molecule has 2 aromatic rings. The Kier molecular flexibility index (Phi) is 3.51. The van der Waals surface area contributed by atoms with E-state index in [4.69, 9.17) is 0 Å². The molecule has 0 aliphatic heterocycles. The van der Waals surface area contributed by atoms with Crippen LogP contribution < -0.4 is 5.56 Å². The molecule has 1 heterocycles. The summed E-state index contributed by atoms with van der Waals surface area (Å²) in [5, 5.41) is 0. The Morgan fingerprint density at radius 3 is 2.47 bits per heavy atom. The summed E-state index contributed by atoms with van der Waals surface area (Å²) in [6.07, 6.45) is 0. The summed E-state index contributed by atoms with van der Waals surface area (Å²) in [6, 6.07) is 4.69. The van der Waals surface area contributed by atoms with E-state index < -0.39 is 0 Å². The highest BCUT2D eigenvalue weighted by Gasteiger charge is 2.12. The van der Waals surface area contributed by atoms with E-state index in [0.29, 0.717) is 17.0 Å². The summed E-state index contributed by atoms with van der Waals surface area (Å²) in [4.78, 5) is 19.2. The fourth-order valence-electron chi connectivity index (χ4n) is 2.20. The van der Waals surface area contributed by atoms with E-state index in [1.54, 1.807) is 19.1 Å². The lowest BCUT2D eigenvalue weighted by Gasteiger charge is -2.10. The van der Waals surface area contributed by atoms with Crippen LogP contribution in [0.2, 0.25) is 0 Å². The van der Waals surface area contributed by atoms with Crippen molar-refractivity contribution in [3.05, 3.63) is 51.2 Å². The Labute approximate surface area is 111 Å². The Morgan fingerprint density at radius 1 is 1.26 bits per heavy atom. The Morgan fingerprint density at radius 2 is 1.95 bits per heavy atom. The molecule has 3 nitrogen and oxygen atoms in total. The predicted octanol–water partition coefficient (Wildman–Crippen LogP) is 3.32. The SMILES string of the molecule is Cc1cc(-c2nc(C)c(C(C)C)c(=O)[nH]2)ccc1F. The van der Waals surface area contributed by atoms with E-state index in [2.05, 4.69) is 9.97 Å². The van der Waals surface area contributed by atoms with Crippen LogP contribution in [0.1, 0.15) is 36.6 Å². The molecule has 0 saturated heterocycles. The third-order valence-electron chi connectivity index (χ3n) is 3.15. The number of halogens is 1. The second kappa shape index (κ2) is 4.96. The van der Waals surface area contributed by atoms with Crippen LogP contribution in [0, 0.1) is 19.7 Å². The fourth-order valence-corrected chi connectivity index (χ4v) is 2.20. The third kappa shape index (κ3) is 2.57. The first-order valence-corrected chi connectivity index (χ1v) is 6.27. The van der Waals surface area contributed by atoms with Crippen LogP contribution in [-0.4, -0.2) is 9.97 Å². The highest BCUT2D eigenvalue weighted by atomic mass is 19.1. The summed E-state index contributed by atoms with van der Waals surface area (Å²) in [6.45, 7) is 7.43. The monoisotopic (exact) mass is 260 g/mol. The molecule has 0 fully saturated rings. The highest BCUT2D eigenvalue weighted by molar-refractivity contribution is 5.56. The topological polar surface area (TPSA) is 45.8 Å². The molecule has 0 aliphatic rings. The maximum atomic E-state index is 13.3. The molecule has 0 saturated carbocycles. The first-order chi connectivity index (χ1) is 8.90. The van der Waals surface area contributed by atoms with Crippen LogP contribution in [0.4, 0.5) is 4.39 Å². The van der Waals surface area contributed by atoms with Gasteiger partial charge in [-0.25, -0.2) is 9.37 Å². The molecule has 0 spiro atoms. The standard InChI is InChI=1S/C15H17FN2O/c1-8(2)13-10(4)17-14(18-15(13)19)11-5-6-12(16)9(3)7-11/h5-8H,1-4H3,(H,17,18,19). The van der Waals surface area contributed by atoms with Gasteiger partial charge in [-0.15, -0.1) is 0 Å². The first kappa shape index (κ1) is 13.5. The maximum absolute atomic E-state index is 13.3. The molecular weight excluding hydrogens is 243 g/mol. The van der Waals surface area contributed by atoms with E-state index in [1.807, 2.05) is 20.8 Å². The lowest BCUT2D eigenvalue weighted by Crippen LogP contribution is -2.18. The minimum Gasteiger partial charge on any atom is -0.306 e. The maximum Gasteiger partial charge on any atom is 0.254 e. The van der Waals surface area contributed by atoms with E-state index in [1.165, 1.54) is 6.07 Å². The lowest BCUT2D eigenvalue weighted by atomic mass is 10.0. The number of H-pyrrole nitrogens is 1. The van der Waals surface area contributed by atoms with Crippen LogP contribution in [0.5, 0.6) is 0 Å². The van der Waals surface area contributed by atoms with E-state index in [0.717, 1.165) is 11.3 Å². The van der Waals surface area contributed by atoms with Crippen molar-refractivity contribution >= 4 is 0 Å². The predicted molar refractivity (Wildman–Crippen MR) is 73.8 cm³/mol. The second-order valence-corrected chi connectivity index (χ2v) is 5.03. The number of aryl methyl sites for hydroxylation is 2. The van der Waals surface area contributed by atoms with Crippen molar-refractivity contribution in [3.8, 4) is 11.4 Å². The van der Waals surface area contributed by atoms with Gasteiger partial charge >= 0.3 is 0 Å². The van der Waals surface area contributed by atoms with Crippen LogP contribution in [0.3, 0.4) is 0 Å². The van der Waals surface area contributed by atoms with Gasteiger partial charge in [0.25, 0.3) is 5.56 Å². The van der Waals surface area contributed by atoms with Crippen molar-refractivity contribution in [2.75, 3.05) is 0 Å². The number of hydrogen-bond acceptors (Lipinski definition) is 2. The van der Waals surface area contributed by atoms with Crippen molar-refractivity contribution in [1.29, 1.82) is 0 Å². The van der Waals surface area contributed by atoms with Crippen LogP contribution in [0.15, 0.2) is 23.0 Å². The Balaban J connectivity index is 2.58. The molecule has 0 aliphatic carbocycles. The number of aromatic amines is 1. The van der Waals surface area contributed by atoms with Gasteiger partial charge in [-0.2, -0.15) is 0 Å². The molecule has 0 atom stereocenters. The lowest BCUT2D eigenvalue weighted by molar-refractivity contribution is 0.618. The number of hydrogen-bond donors (Lipinski definition) is 1. The molecule has 0 radical (unpaired) electrons. The van der Waals surface area contributed by atoms with Crippen molar-refractivity contribution in [3.63, 3.8) is 0 Å². The van der Waals surface area contributed by atoms with Gasteiger partial charge in [0.15, 0.2) is 0 Å². The number of aromatic nitrogens is 2.